The molecular weight excluding hydrogens is 260 g/mol. The van der Waals surface area contributed by atoms with E-state index in [0.717, 1.165) is 12.1 Å². The smallest absolute Gasteiger partial charge is 0.246 e. The van der Waals surface area contributed by atoms with Gasteiger partial charge >= 0.3 is 0 Å². The Hall–Kier alpha value is -1.49. The second-order valence-electron chi connectivity index (χ2n) is 5.01. The van der Waals surface area contributed by atoms with Gasteiger partial charge in [0.05, 0.1) is 11.6 Å². The van der Waals surface area contributed by atoms with Gasteiger partial charge in [0.15, 0.2) is 0 Å². The Morgan fingerprint density at radius 1 is 1.42 bits per heavy atom. The van der Waals surface area contributed by atoms with E-state index in [1.807, 2.05) is 23.1 Å². The lowest BCUT2D eigenvalue weighted by atomic mass is 10.1. The van der Waals surface area contributed by atoms with E-state index in [0.29, 0.717) is 11.6 Å². The molecule has 0 radical (unpaired) electrons. The van der Waals surface area contributed by atoms with Crippen LogP contribution in [0.1, 0.15) is 12.5 Å². The summed E-state index contributed by atoms with van der Waals surface area (Å²) in [5.74, 6) is 1.22. The average Bonchev–Trinajstić information content (AvgIpc) is 2.92. The van der Waals surface area contributed by atoms with Crippen LogP contribution in [0, 0.1) is 0 Å². The second-order valence-corrected chi connectivity index (χ2v) is 5.97. The zero-order valence-corrected chi connectivity index (χ0v) is 11.7. The minimum atomic E-state index is 0.0216. The Bertz CT molecular complexity index is 532. The van der Waals surface area contributed by atoms with Crippen LogP contribution in [0.2, 0.25) is 0 Å². The van der Waals surface area contributed by atoms with Gasteiger partial charge in [-0.15, -0.1) is 11.8 Å². The molecule has 1 unspecified atom stereocenters. The number of para-hydroxylation sites is 1. The van der Waals surface area contributed by atoms with E-state index in [4.69, 9.17) is 0 Å². The van der Waals surface area contributed by atoms with Crippen molar-refractivity contribution in [3.8, 4) is 0 Å². The Morgan fingerprint density at radius 2 is 2.21 bits per heavy atom. The van der Waals surface area contributed by atoms with Crippen LogP contribution in [0.5, 0.6) is 0 Å². The third-order valence-corrected chi connectivity index (χ3v) is 4.57. The molecule has 2 aliphatic heterocycles. The lowest BCUT2D eigenvalue weighted by Gasteiger charge is -2.25. The molecule has 0 spiro atoms. The zero-order valence-electron chi connectivity index (χ0n) is 10.8. The van der Waals surface area contributed by atoms with Crippen molar-refractivity contribution in [3.63, 3.8) is 0 Å². The molecule has 2 aliphatic rings. The highest BCUT2D eigenvalue weighted by atomic mass is 32.2. The summed E-state index contributed by atoms with van der Waals surface area (Å²) < 4.78 is 0. The molecule has 1 aromatic carbocycles. The van der Waals surface area contributed by atoms with Crippen molar-refractivity contribution in [2.45, 2.75) is 19.4 Å². The molecule has 1 aromatic rings. The predicted molar refractivity (Wildman–Crippen MR) is 76.1 cm³/mol. The third kappa shape index (κ3) is 2.23. The van der Waals surface area contributed by atoms with Gasteiger partial charge in [0, 0.05) is 11.7 Å². The van der Waals surface area contributed by atoms with Crippen LogP contribution >= 0.6 is 11.8 Å². The van der Waals surface area contributed by atoms with Gasteiger partial charge < -0.3 is 9.80 Å². The van der Waals surface area contributed by atoms with E-state index in [1.54, 1.807) is 16.7 Å². The van der Waals surface area contributed by atoms with Gasteiger partial charge in [-0.25, -0.2) is 0 Å². The summed E-state index contributed by atoms with van der Waals surface area (Å²) in [5, 5.41) is 0. The molecule has 0 N–H and O–H groups in total. The van der Waals surface area contributed by atoms with Crippen LogP contribution in [0.4, 0.5) is 5.69 Å². The summed E-state index contributed by atoms with van der Waals surface area (Å²) in [6, 6.07) is 8.18. The monoisotopic (exact) mass is 276 g/mol. The fourth-order valence-corrected chi connectivity index (χ4v) is 3.63. The number of fused-ring (bicyclic) bond motifs is 1. The summed E-state index contributed by atoms with van der Waals surface area (Å²) in [5.41, 5.74) is 2.21. The molecule has 1 saturated heterocycles. The Balaban J connectivity index is 1.78. The van der Waals surface area contributed by atoms with Crippen LogP contribution in [-0.4, -0.2) is 40.9 Å². The summed E-state index contributed by atoms with van der Waals surface area (Å²) in [6.07, 6.45) is 0.893. The van der Waals surface area contributed by atoms with Gasteiger partial charge in [0.2, 0.25) is 11.8 Å². The first kappa shape index (κ1) is 12.5. The lowest BCUT2D eigenvalue weighted by Crippen LogP contribution is -2.43. The van der Waals surface area contributed by atoms with Gasteiger partial charge in [-0.1, -0.05) is 18.2 Å². The molecule has 3 rings (SSSR count). The first-order valence-corrected chi connectivity index (χ1v) is 7.58. The van der Waals surface area contributed by atoms with Crippen molar-refractivity contribution in [3.05, 3.63) is 29.8 Å². The van der Waals surface area contributed by atoms with Gasteiger partial charge in [0.25, 0.3) is 0 Å². The quantitative estimate of drug-likeness (QED) is 0.822. The van der Waals surface area contributed by atoms with Crippen LogP contribution in [0.3, 0.4) is 0 Å². The average molecular weight is 276 g/mol. The van der Waals surface area contributed by atoms with E-state index in [1.165, 1.54) is 5.56 Å². The first-order valence-electron chi connectivity index (χ1n) is 6.42. The molecular formula is C14H16N2O2S. The number of nitrogens with zero attached hydrogens (tertiary/aromatic N) is 2. The van der Waals surface area contributed by atoms with Gasteiger partial charge in [-0.05, 0) is 25.0 Å². The molecule has 1 fully saturated rings. The number of benzene rings is 1. The minimum Gasteiger partial charge on any atom is -0.323 e. The molecule has 0 saturated carbocycles. The number of rotatable bonds is 2. The largest absolute Gasteiger partial charge is 0.323 e. The minimum absolute atomic E-state index is 0.0216. The highest BCUT2D eigenvalue weighted by Gasteiger charge is 2.33. The predicted octanol–water partition coefficient (Wildman–Crippen LogP) is 1.50. The third-order valence-electron chi connectivity index (χ3n) is 3.63. The maximum absolute atomic E-state index is 12.4. The fraction of sp³-hybridized carbons (Fsp3) is 0.429. The van der Waals surface area contributed by atoms with Crippen molar-refractivity contribution in [2.24, 2.45) is 0 Å². The molecule has 19 heavy (non-hydrogen) atoms. The molecule has 2 heterocycles. The van der Waals surface area contributed by atoms with Crippen molar-refractivity contribution >= 4 is 29.3 Å². The van der Waals surface area contributed by atoms with Crippen LogP contribution in [0.15, 0.2) is 24.3 Å². The lowest BCUT2D eigenvalue weighted by molar-refractivity contribution is -0.131. The number of thioether (sulfide) groups is 1. The van der Waals surface area contributed by atoms with Crippen molar-refractivity contribution in [1.29, 1.82) is 0 Å². The molecule has 4 nitrogen and oxygen atoms in total. The maximum atomic E-state index is 12.4. The van der Waals surface area contributed by atoms with Crippen molar-refractivity contribution in [1.82, 2.24) is 4.90 Å². The van der Waals surface area contributed by atoms with Gasteiger partial charge in [-0.2, -0.15) is 0 Å². The molecule has 5 heteroatoms. The van der Waals surface area contributed by atoms with Crippen molar-refractivity contribution < 1.29 is 9.59 Å². The van der Waals surface area contributed by atoms with Crippen LogP contribution < -0.4 is 4.90 Å². The van der Waals surface area contributed by atoms with E-state index in [9.17, 15) is 9.59 Å². The molecule has 0 aromatic heterocycles. The van der Waals surface area contributed by atoms with E-state index in [-0.39, 0.29) is 24.4 Å². The van der Waals surface area contributed by atoms with E-state index >= 15 is 0 Å². The fourth-order valence-electron chi connectivity index (χ4n) is 2.73. The highest BCUT2D eigenvalue weighted by molar-refractivity contribution is 8.00. The van der Waals surface area contributed by atoms with Crippen molar-refractivity contribution in [2.75, 3.05) is 23.1 Å². The van der Waals surface area contributed by atoms with E-state index in [2.05, 4.69) is 13.0 Å². The Morgan fingerprint density at radius 3 is 2.95 bits per heavy atom. The molecule has 0 bridgehead atoms. The Kier molecular flexibility index (Phi) is 3.22. The summed E-state index contributed by atoms with van der Waals surface area (Å²) in [6.45, 7) is 2.25. The number of hydrogen-bond donors (Lipinski definition) is 0. The summed E-state index contributed by atoms with van der Waals surface area (Å²) in [7, 11) is 0. The topological polar surface area (TPSA) is 40.6 Å². The first-order chi connectivity index (χ1) is 9.16. The van der Waals surface area contributed by atoms with E-state index < -0.39 is 0 Å². The summed E-state index contributed by atoms with van der Waals surface area (Å²) in [4.78, 5) is 27.5. The number of carbonyl (C=O) groups excluding carboxylic acids is 2. The van der Waals surface area contributed by atoms with Gasteiger partial charge in [0.1, 0.15) is 6.54 Å². The van der Waals surface area contributed by atoms with Crippen LogP contribution in [-0.2, 0) is 16.0 Å². The molecule has 2 amide bonds. The highest BCUT2D eigenvalue weighted by Crippen LogP contribution is 2.32. The summed E-state index contributed by atoms with van der Waals surface area (Å²) >= 11 is 1.57. The number of carbonyl (C=O) groups is 2. The SMILES string of the molecule is CC1Cc2ccccc2N1C(=O)CN1CSCC1=O. The molecule has 1 atom stereocenters. The number of anilines is 1. The zero-order chi connectivity index (χ0) is 13.4. The number of hydrogen-bond acceptors (Lipinski definition) is 3. The second kappa shape index (κ2) is 4.89. The van der Waals surface area contributed by atoms with Crippen LogP contribution in [0.25, 0.3) is 0 Å². The normalized spacial score (nSPS) is 21.9. The Labute approximate surface area is 116 Å². The van der Waals surface area contributed by atoms with Gasteiger partial charge in [-0.3, -0.25) is 9.59 Å². The molecule has 0 aliphatic carbocycles. The standard InChI is InChI=1S/C14H16N2O2S/c1-10-6-11-4-2-3-5-12(11)16(10)13(17)7-15-9-19-8-14(15)18/h2-5,10H,6-9H2,1H3. The number of amides is 2. The molecule has 100 valence electrons. The maximum Gasteiger partial charge on any atom is 0.246 e.